The number of guanidine groups is 1. The van der Waals surface area contributed by atoms with Gasteiger partial charge in [0.05, 0.1) is 0 Å². The van der Waals surface area contributed by atoms with Crippen LogP contribution in [0.3, 0.4) is 0 Å². The van der Waals surface area contributed by atoms with E-state index in [9.17, 15) is 0 Å². The minimum absolute atomic E-state index is 0.665. The van der Waals surface area contributed by atoms with Crippen LogP contribution in [-0.4, -0.2) is 32.8 Å². The summed E-state index contributed by atoms with van der Waals surface area (Å²) in [6.45, 7) is 5.17. The van der Waals surface area contributed by atoms with Crippen LogP contribution in [0.5, 0.6) is 0 Å². The topological polar surface area (TPSA) is 45.6 Å². The number of halogens is 1. The summed E-state index contributed by atoms with van der Waals surface area (Å²) < 4.78 is 5.30. The van der Waals surface area contributed by atoms with Crippen molar-refractivity contribution in [2.45, 2.75) is 26.3 Å². The zero-order chi connectivity index (χ0) is 14.6. The van der Waals surface area contributed by atoms with E-state index < -0.39 is 0 Å². The molecule has 4 nitrogen and oxygen atoms in total. The molecule has 0 radical (unpaired) electrons. The van der Waals surface area contributed by atoms with Gasteiger partial charge in [-0.05, 0) is 31.4 Å². The molecule has 1 rings (SSSR count). The highest BCUT2D eigenvalue weighted by atomic mass is 35.5. The van der Waals surface area contributed by atoms with Gasteiger partial charge >= 0.3 is 0 Å². The average molecular weight is 298 g/mol. The zero-order valence-electron chi connectivity index (χ0n) is 12.3. The number of hydrogen-bond donors (Lipinski definition) is 2. The van der Waals surface area contributed by atoms with Gasteiger partial charge in [0.25, 0.3) is 0 Å². The van der Waals surface area contributed by atoms with Crippen LogP contribution in [0.2, 0.25) is 5.02 Å². The Morgan fingerprint density at radius 3 is 2.75 bits per heavy atom. The van der Waals surface area contributed by atoms with Gasteiger partial charge in [0, 0.05) is 38.4 Å². The molecule has 0 amide bonds. The molecule has 0 saturated carbocycles. The van der Waals surface area contributed by atoms with E-state index in [0.717, 1.165) is 49.1 Å². The highest BCUT2D eigenvalue weighted by Crippen LogP contribution is 2.14. The monoisotopic (exact) mass is 297 g/mol. The quantitative estimate of drug-likeness (QED) is 0.441. The summed E-state index contributed by atoms with van der Waals surface area (Å²) in [6, 6.07) is 7.80. The first-order valence-electron chi connectivity index (χ1n) is 7.03. The van der Waals surface area contributed by atoms with Crippen molar-refractivity contribution in [1.29, 1.82) is 0 Å². The smallest absolute Gasteiger partial charge is 0.191 e. The van der Waals surface area contributed by atoms with E-state index in [2.05, 4.69) is 15.6 Å². The first-order chi connectivity index (χ1) is 9.77. The first kappa shape index (κ1) is 16.8. The lowest BCUT2D eigenvalue weighted by molar-refractivity contribution is 0.143. The number of hydrogen-bond acceptors (Lipinski definition) is 2. The van der Waals surface area contributed by atoms with E-state index in [1.807, 2.05) is 31.2 Å². The average Bonchev–Trinajstić information content (AvgIpc) is 2.47. The van der Waals surface area contributed by atoms with Gasteiger partial charge in [0.15, 0.2) is 5.96 Å². The molecule has 0 heterocycles. The van der Waals surface area contributed by atoms with Crippen molar-refractivity contribution >= 4 is 17.6 Å². The van der Waals surface area contributed by atoms with Gasteiger partial charge in [0.1, 0.15) is 0 Å². The summed E-state index contributed by atoms with van der Waals surface area (Å²) in [5.74, 6) is 0.793. The Hall–Kier alpha value is -1.26. The number of benzene rings is 1. The molecule has 0 spiro atoms. The van der Waals surface area contributed by atoms with Crippen molar-refractivity contribution in [2.75, 3.05) is 26.8 Å². The molecule has 5 heteroatoms. The maximum absolute atomic E-state index is 6.11. The number of rotatable bonds is 8. The van der Waals surface area contributed by atoms with E-state index in [-0.39, 0.29) is 0 Å². The lowest BCUT2D eigenvalue weighted by Gasteiger charge is -2.12. The van der Waals surface area contributed by atoms with Gasteiger partial charge in [0.2, 0.25) is 0 Å². The molecule has 0 aliphatic rings. The summed E-state index contributed by atoms with van der Waals surface area (Å²) in [5, 5.41) is 7.30. The molecule has 2 N–H and O–H groups in total. The fourth-order valence-electron chi connectivity index (χ4n) is 1.72. The van der Waals surface area contributed by atoms with Crippen molar-refractivity contribution in [1.82, 2.24) is 10.6 Å². The second-order valence-electron chi connectivity index (χ2n) is 4.35. The van der Waals surface area contributed by atoms with E-state index >= 15 is 0 Å². The second kappa shape index (κ2) is 10.5. The van der Waals surface area contributed by atoms with Gasteiger partial charge in [-0.15, -0.1) is 0 Å². The number of aliphatic imine (C=N–C) groups is 1. The molecule has 112 valence electrons. The zero-order valence-corrected chi connectivity index (χ0v) is 13.0. The molecule has 0 aromatic heterocycles. The first-order valence-corrected chi connectivity index (χ1v) is 7.41. The third-order valence-corrected chi connectivity index (χ3v) is 3.21. The highest BCUT2D eigenvalue weighted by Gasteiger charge is 2.01. The van der Waals surface area contributed by atoms with E-state index in [0.29, 0.717) is 6.54 Å². The SMILES string of the molecule is CCOCCCCNC(=NC)NCc1ccccc1Cl. The summed E-state index contributed by atoms with van der Waals surface area (Å²) in [5.41, 5.74) is 1.06. The molecule has 0 bridgehead atoms. The molecule has 0 aliphatic heterocycles. The van der Waals surface area contributed by atoms with Crippen molar-refractivity contribution in [3.63, 3.8) is 0 Å². The highest BCUT2D eigenvalue weighted by molar-refractivity contribution is 6.31. The Morgan fingerprint density at radius 1 is 1.25 bits per heavy atom. The van der Waals surface area contributed by atoms with Crippen LogP contribution in [0.25, 0.3) is 0 Å². The summed E-state index contributed by atoms with van der Waals surface area (Å²) in [7, 11) is 1.77. The van der Waals surface area contributed by atoms with Crippen LogP contribution in [0.4, 0.5) is 0 Å². The molecule has 20 heavy (non-hydrogen) atoms. The summed E-state index contributed by atoms with van der Waals surface area (Å²) >= 11 is 6.11. The van der Waals surface area contributed by atoms with Crippen LogP contribution >= 0.6 is 11.6 Å². The van der Waals surface area contributed by atoms with Crippen molar-refractivity contribution < 1.29 is 4.74 Å². The third-order valence-electron chi connectivity index (χ3n) is 2.84. The fourth-order valence-corrected chi connectivity index (χ4v) is 1.92. The van der Waals surface area contributed by atoms with E-state index in [1.54, 1.807) is 7.05 Å². The minimum atomic E-state index is 0.665. The molecule has 0 saturated heterocycles. The fraction of sp³-hybridized carbons (Fsp3) is 0.533. The second-order valence-corrected chi connectivity index (χ2v) is 4.76. The minimum Gasteiger partial charge on any atom is -0.382 e. The maximum atomic E-state index is 6.11. The molecule has 0 fully saturated rings. The predicted molar refractivity (Wildman–Crippen MR) is 85.4 cm³/mol. The third kappa shape index (κ3) is 6.78. The Bertz CT molecular complexity index is 410. The summed E-state index contributed by atoms with van der Waals surface area (Å²) in [6.07, 6.45) is 2.12. The molecular formula is C15H24ClN3O. The molecule has 0 aliphatic carbocycles. The maximum Gasteiger partial charge on any atom is 0.191 e. The Kier molecular flexibility index (Phi) is 8.83. The molecular weight excluding hydrogens is 274 g/mol. The molecule has 1 aromatic carbocycles. The number of nitrogens with zero attached hydrogens (tertiary/aromatic N) is 1. The summed E-state index contributed by atoms with van der Waals surface area (Å²) in [4.78, 5) is 4.19. The van der Waals surface area contributed by atoms with Crippen molar-refractivity contribution in [3.8, 4) is 0 Å². The largest absolute Gasteiger partial charge is 0.382 e. The van der Waals surface area contributed by atoms with Crippen molar-refractivity contribution in [2.24, 2.45) is 4.99 Å². The van der Waals surface area contributed by atoms with E-state index in [4.69, 9.17) is 16.3 Å². The predicted octanol–water partition coefficient (Wildman–Crippen LogP) is 2.82. The van der Waals surface area contributed by atoms with Gasteiger partial charge in [-0.3, -0.25) is 4.99 Å². The normalized spacial score (nSPS) is 11.4. The Balaban J connectivity index is 2.22. The van der Waals surface area contributed by atoms with Gasteiger partial charge in [-0.2, -0.15) is 0 Å². The lowest BCUT2D eigenvalue weighted by atomic mass is 10.2. The Labute approximate surface area is 126 Å². The van der Waals surface area contributed by atoms with Gasteiger partial charge < -0.3 is 15.4 Å². The molecule has 1 aromatic rings. The van der Waals surface area contributed by atoms with Crippen LogP contribution in [0.1, 0.15) is 25.3 Å². The Morgan fingerprint density at radius 2 is 2.05 bits per heavy atom. The van der Waals surface area contributed by atoms with Crippen LogP contribution in [0.15, 0.2) is 29.3 Å². The molecule has 0 unspecified atom stereocenters. The van der Waals surface area contributed by atoms with Gasteiger partial charge in [-0.1, -0.05) is 29.8 Å². The van der Waals surface area contributed by atoms with Crippen LogP contribution in [0, 0.1) is 0 Å². The lowest BCUT2D eigenvalue weighted by Crippen LogP contribution is -2.37. The van der Waals surface area contributed by atoms with Gasteiger partial charge in [-0.25, -0.2) is 0 Å². The molecule has 0 atom stereocenters. The van der Waals surface area contributed by atoms with Crippen LogP contribution in [-0.2, 0) is 11.3 Å². The number of unbranched alkanes of at least 4 members (excludes halogenated alkanes) is 1. The van der Waals surface area contributed by atoms with Crippen molar-refractivity contribution in [3.05, 3.63) is 34.9 Å². The van der Waals surface area contributed by atoms with E-state index in [1.165, 1.54) is 0 Å². The number of ether oxygens (including phenoxy) is 1. The standard InChI is InChI=1S/C15H24ClN3O/c1-3-20-11-7-6-10-18-15(17-2)19-12-13-8-4-5-9-14(13)16/h4-5,8-9H,3,6-7,10-12H2,1-2H3,(H2,17,18,19). The van der Waals surface area contributed by atoms with Crippen LogP contribution < -0.4 is 10.6 Å². The number of nitrogens with one attached hydrogen (secondary N) is 2.